The van der Waals surface area contributed by atoms with Gasteiger partial charge in [0.15, 0.2) is 0 Å². The van der Waals surface area contributed by atoms with Gasteiger partial charge in [0.1, 0.15) is 5.82 Å². The van der Waals surface area contributed by atoms with Crippen molar-refractivity contribution in [3.8, 4) is 0 Å². The second-order valence-corrected chi connectivity index (χ2v) is 4.14. The average molecular weight is 203 g/mol. The van der Waals surface area contributed by atoms with E-state index in [-0.39, 0.29) is 0 Å². The van der Waals surface area contributed by atoms with E-state index in [9.17, 15) is 0 Å². The van der Waals surface area contributed by atoms with Gasteiger partial charge in [0.05, 0.1) is 0 Å². The zero-order valence-electron chi connectivity index (χ0n) is 9.33. The van der Waals surface area contributed by atoms with Gasteiger partial charge in [0, 0.05) is 37.6 Å². The minimum Gasteiger partial charge on any atom is -0.388 e. The molecule has 0 aromatic carbocycles. The maximum Gasteiger partial charge on any atom is 0.128 e. The monoisotopic (exact) mass is 203 g/mol. The fraction of sp³-hybridized carbons (Fsp3) is 0.417. The first-order chi connectivity index (χ1) is 7.20. The molecule has 1 N–H and O–H groups in total. The van der Waals surface area contributed by atoms with Crippen molar-refractivity contribution in [3.63, 3.8) is 0 Å². The van der Waals surface area contributed by atoms with Crippen LogP contribution in [0.3, 0.4) is 0 Å². The largest absolute Gasteiger partial charge is 0.388 e. The van der Waals surface area contributed by atoms with Crippen LogP contribution >= 0.6 is 0 Å². The average Bonchev–Trinajstić information content (AvgIpc) is 2.24. The van der Waals surface area contributed by atoms with Crippen LogP contribution in [0.4, 0.5) is 5.82 Å². The smallest absolute Gasteiger partial charge is 0.128 e. The predicted octanol–water partition coefficient (Wildman–Crippen LogP) is 1.73. The molecule has 3 nitrogen and oxygen atoms in total. The van der Waals surface area contributed by atoms with Crippen LogP contribution < -0.4 is 10.2 Å². The first kappa shape index (κ1) is 10.0. The van der Waals surface area contributed by atoms with Crippen LogP contribution in [0.1, 0.15) is 12.5 Å². The highest BCUT2D eigenvalue weighted by Crippen LogP contribution is 2.22. The lowest BCUT2D eigenvalue weighted by atomic mass is 10.0. The zero-order chi connectivity index (χ0) is 10.8. The fourth-order valence-corrected chi connectivity index (χ4v) is 1.78. The van der Waals surface area contributed by atoms with Gasteiger partial charge >= 0.3 is 0 Å². The number of rotatable bonds is 3. The Morgan fingerprint density at radius 3 is 2.73 bits per heavy atom. The quantitative estimate of drug-likeness (QED) is 0.811. The van der Waals surface area contributed by atoms with Gasteiger partial charge < -0.3 is 10.2 Å². The molecule has 0 unspecified atom stereocenters. The number of aromatic nitrogens is 1. The molecule has 0 radical (unpaired) electrons. The molecule has 0 bridgehead atoms. The molecule has 1 saturated heterocycles. The van der Waals surface area contributed by atoms with Gasteiger partial charge in [-0.25, -0.2) is 4.98 Å². The normalized spacial score (nSPS) is 16.0. The highest BCUT2D eigenvalue weighted by Gasteiger charge is 2.23. The van der Waals surface area contributed by atoms with E-state index in [4.69, 9.17) is 0 Å². The molecule has 0 atom stereocenters. The molecule has 1 aliphatic rings. The van der Waals surface area contributed by atoms with Crippen LogP contribution in [-0.2, 0) is 0 Å². The lowest BCUT2D eigenvalue weighted by molar-refractivity contribution is 0.443. The molecule has 0 aliphatic carbocycles. The molecule has 0 amide bonds. The second kappa shape index (κ2) is 3.93. The van der Waals surface area contributed by atoms with Gasteiger partial charge in [-0.2, -0.15) is 0 Å². The van der Waals surface area contributed by atoms with E-state index in [1.807, 2.05) is 13.2 Å². The molecule has 1 fully saturated rings. The van der Waals surface area contributed by atoms with Crippen molar-refractivity contribution in [2.24, 2.45) is 5.92 Å². The van der Waals surface area contributed by atoms with Crippen LogP contribution in [-0.4, -0.2) is 25.1 Å². The number of hydrogen-bond acceptors (Lipinski definition) is 3. The Bertz CT molecular complexity index is 350. The molecule has 0 saturated carbocycles. The Kier molecular flexibility index (Phi) is 2.62. The Morgan fingerprint density at radius 2 is 2.27 bits per heavy atom. The molecule has 1 aromatic heterocycles. The number of pyridine rings is 1. The molecular weight excluding hydrogens is 186 g/mol. The number of hydrogen-bond donors (Lipinski definition) is 1. The van der Waals surface area contributed by atoms with Crippen molar-refractivity contribution in [2.75, 3.05) is 25.0 Å². The lowest BCUT2D eigenvalue weighted by Gasteiger charge is -2.38. The van der Waals surface area contributed by atoms with E-state index >= 15 is 0 Å². The van der Waals surface area contributed by atoms with Crippen molar-refractivity contribution in [2.45, 2.75) is 6.92 Å². The topological polar surface area (TPSA) is 28.2 Å². The first-order valence-corrected chi connectivity index (χ1v) is 5.28. The number of nitrogens with zero attached hydrogens (tertiary/aromatic N) is 2. The zero-order valence-corrected chi connectivity index (χ0v) is 9.33. The van der Waals surface area contributed by atoms with E-state index < -0.39 is 0 Å². The molecule has 1 aliphatic heterocycles. The molecule has 2 heterocycles. The van der Waals surface area contributed by atoms with Gasteiger partial charge in [-0.05, 0) is 18.1 Å². The van der Waals surface area contributed by atoms with Crippen LogP contribution in [0.5, 0.6) is 0 Å². The Labute approximate surface area is 90.8 Å². The number of anilines is 1. The Morgan fingerprint density at radius 1 is 1.53 bits per heavy atom. The van der Waals surface area contributed by atoms with Gasteiger partial charge in [-0.15, -0.1) is 0 Å². The summed E-state index contributed by atoms with van der Waals surface area (Å²) in [6, 6.07) is 4.12. The molecule has 1 aromatic rings. The summed E-state index contributed by atoms with van der Waals surface area (Å²) >= 11 is 0. The third-order valence-corrected chi connectivity index (χ3v) is 2.79. The number of nitrogens with one attached hydrogen (secondary N) is 1. The van der Waals surface area contributed by atoms with Crippen molar-refractivity contribution in [1.82, 2.24) is 10.3 Å². The maximum atomic E-state index is 4.43. The SMILES string of the molecule is C=C(NC)c1ccc(N2CC(C)C2)nc1. The summed E-state index contributed by atoms with van der Waals surface area (Å²) in [4.78, 5) is 6.72. The Balaban J connectivity index is 2.07. The minimum atomic E-state index is 0.804. The summed E-state index contributed by atoms with van der Waals surface area (Å²) in [6.45, 7) is 8.41. The van der Waals surface area contributed by atoms with E-state index in [0.29, 0.717) is 0 Å². The van der Waals surface area contributed by atoms with Crippen LogP contribution in [0.25, 0.3) is 5.70 Å². The highest BCUT2D eigenvalue weighted by atomic mass is 15.2. The molecular formula is C12H17N3. The van der Waals surface area contributed by atoms with Crippen molar-refractivity contribution in [1.29, 1.82) is 0 Å². The van der Waals surface area contributed by atoms with Gasteiger partial charge in [-0.3, -0.25) is 0 Å². The van der Waals surface area contributed by atoms with Gasteiger partial charge in [-0.1, -0.05) is 13.5 Å². The standard InChI is InChI=1S/C12H17N3/c1-9-7-15(8-9)12-5-4-11(6-14-12)10(2)13-3/h4-6,9,13H,2,7-8H2,1,3H3. The summed E-state index contributed by atoms with van der Waals surface area (Å²) in [6.07, 6.45) is 1.87. The minimum absolute atomic E-state index is 0.804. The van der Waals surface area contributed by atoms with Gasteiger partial charge in [0.25, 0.3) is 0 Å². The van der Waals surface area contributed by atoms with E-state index in [2.05, 4.69) is 40.8 Å². The van der Waals surface area contributed by atoms with E-state index in [0.717, 1.165) is 36.1 Å². The summed E-state index contributed by atoms with van der Waals surface area (Å²) in [5.41, 5.74) is 1.96. The van der Waals surface area contributed by atoms with Crippen LogP contribution in [0.2, 0.25) is 0 Å². The Hall–Kier alpha value is -1.51. The van der Waals surface area contributed by atoms with Gasteiger partial charge in [0.2, 0.25) is 0 Å². The maximum absolute atomic E-state index is 4.43. The van der Waals surface area contributed by atoms with Crippen LogP contribution in [0.15, 0.2) is 24.9 Å². The van der Waals surface area contributed by atoms with Crippen LogP contribution in [0, 0.1) is 5.92 Å². The highest BCUT2D eigenvalue weighted by molar-refractivity contribution is 5.61. The van der Waals surface area contributed by atoms with Crippen molar-refractivity contribution < 1.29 is 0 Å². The van der Waals surface area contributed by atoms with Crippen molar-refractivity contribution in [3.05, 3.63) is 30.5 Å². The summed E-state index contributed by atoms with van der Waals surface area (Å²) < 4.78 is 0. The fourth-order valence-electron chi connectivity index (χ4n) is 1.78. The second-order valence-electron chi connectivity index (χ2n) is 4.14. The van der Waals surface area contributed by atoms with E-state index in [1.54, 1.807) is 0 Å². The molecule has 2 rings (SSSR count). The molecule has 3 heteroatoms. The third-order valence-electron chi connectivity index (χ3n) is 2.79. The molecule has 0 spiro atoms. The predicted molar refractivity (Wildman–Crippen MR) is 63.7 cm³/mol. The summed E-state index contributed by atoms with van der Waals surface area (Å²) in [5, 5.41) is 3.02. The third kappa shape index (κ3) is 1.96. The molecule has 80 valence electrons. The summed E-state index contributed by atoms with van der Waals surface area (Å²) in [7, 11) is 1.87. The van der Waals surface area contributed by atoms with E-state index in [1.165, 1.54) is 0 Å². The first-order valence-electron chi connectivity index (χ1n) is 5.28. The lowest BCUT2D eigenvalue weighted by Crippen LogP contribution is -2.45. The molecule has 15 heavy (non-hydrogen) atoms. The summed E-state index contributed by atoms with van der Waals surface area (Å²) in [5.74, 6) is 1.87. The van der Waals surface area contributed by atoms with Crippen molar-refractivity contribution >= 4 is 11.5 Å².